The SMILES string of the molecule is CCCCOc1ccc(C(=O)OCC(=O)NCC(=O)NC)cc1OC. The van der Waals surface area contributed by atoms with Gasteiger partial charge in [0, 0.05) is 7.05 Å². The van der Waals surface area contributed by atoms with Crippen molar-refractivity contribution in [2.75, 3.05) is 33.9 Å². The Morgan fingerprint density at radius 2 is 1.88 bits per heavy atom. The number of nitrogens with one attached hydrogen (secondary N) is 2. The summed E-state index contributed by atoms with van der Waals surface area (Å²) in [6.45, 7) is 1.96. The Bertz CT molecular complexity index is 603. The number of methoxy groups -OCH3 is 1. The summed E-state index contributed by atoms with van der Waals surface area (Å²) in [7, 11) is 2.93. The van der Waals surface area contributed by atoms with E-state index in [0.717, 1.165) is 12.8 Å². The van der Waals surface area contributed by atoms with Crippen molar-refractivity contribution in [3.63, 3.8) is 0 Å². The summed E-state index contributed by atoms with van der Waals surface area (Å²) in [4.78, 5) is 34.5. The molecule has 0 aliphatic heterocycles. The number of esters is 1. The Kier molecular flexibility index (Phi) is 8.84. The first kappa shape index (κ1) is 20.3. The number of amides is 2. The molecule has 8 heteroatoms. The molecule has 0 saturated carbocycles. The molecule has 0 aliphatic carbocycles. The summed E-state index contributed by atoms with van der Waals surface area (Å²) in [6, 6.07) is 4.65. The fourth-order valence-electron chi connectivity index (χ4n) is 1.77. The number of unbranched alkanes of at least 4 members (excludes halogenated alkanes) is 1. The van der Waals surface area contributed by atoms with Gasteiger partial charge in [0.1, 0.15) is 0 Å². The topological polar surface area (TPSA) is 103 Å². The van der Waals surface area contributed by atoms with E-state index in [2.05, 4.69) is 17.6 Å². The third kappa shape index (κ3) is 7.11. The molecular weight excluding hydrogens is 328 g/mol. The Morgan fingerprint density at radius 3 is 2.52 bits per heavy atom. The normalized spacial score (nSPS) is 9.88. The predicted molar refractivity (Wildman–Crippen MR) is 90.8 cm³/mol. The number of hydrogen-bond acceptors (Lipinski definition) is 6. The highest BCUT2D eigenvalue weighted by atomic mass is 16.5. The fraction of sp³-hybridized carbons (Fsp3) is 0.471. The van der Waals surface area contributed by atoms with E-state index in [-0.39, 0.29) is 18.0 Å². The first-order valence-electron chi connectivity index (χ1n) is 7.97. The lowest BCUT2D eigenvalue weighted by Gasteiger charge is -2.12. The van der Waals surface area contributed by atoms with Crippen molar-refractivity contribution in [3.05, 3.63) is 23.8 Å². The van der Waals surface area contributed by atoms with Gasteiger partial charge >= 0.3 is 5.97 Å². The molecule has 0 unspecified atom stereocenters. The van der Waals surface area contributed by atoms with Crippen LogP contribution in [0.1, 0.15) is 30.1 Å². The van der Waals surface area contributed by atoms with Crippen LogP contribution >= 0.6 is 0 Å². The van der Waals surface area contributed by atoms with Crippen molar-refractivity contribution >= 4 is 17.8 Å². The van der Waals surface area contributed by atoms with Gasteiger partial charge in [0.2, 0.25) is 5.91 Å². The van der Waals surface area contributed by atoms with Gasteiger partial charge in [-0.3, -0.25) is 9.59 Å². The third-order valence-corrected chi connectivity index (χ3v) is 3.21. The monoisotopic (exact) mass is 352 g/mol. The third-order valence-electron chi connectivity index (χ3n) is 3.21. The van der Waals surface area contributed by atoms with Gasteiger partial charge in [0.15, 0.2) is 18.1 Å². The molecule has 0 spiro atoms. The van der Waals surface area contributed by atoms with Gasteiger partial charge in [-0.05, 0) is 24.6 Å². The minimum Gasteiger partial charge on any atom is -0.493 e. The van der Waals surface area contributed by atoms with Gasteiger partial charge in [-0.15, -0.1) is 0 Å². The first-order chi connectivity index (χ1) is 12.0. The second kappa shape index (κ2) is 10.9. The average molecular weight is 352 g/mol. The summed E-state index contributed by atoms with van der Waals surface area (Å²) in [5, 5.41) is 4.69. The van der Waals surface area contributed by atoms with Crippen LogP contribution in [0.15, 0.2) is 18.2 Å². The number of likely N-dealkylation sites (N-methyl/N-ethyl adjacent to an activating group) is 1. The Morgan fingerprint density at radius 1 is 1.12 bits per heavy atom. The molecule has 1 rings (SSSR count). The molecule has 138 valence electrons. The van der Waals surface area contributed by atoms with Crippen LogP contribution in [0.4, 0.5) is 0 Å². The van der Waals surface area contributed by atoms with Gasteiger partial charge in [-0.25, -0.2) is 4.79 Å². The molecule has 0 saturated heterocycles. The highest BCUT2D eigenvalue weighted by Gasteiger charge is 2.14. The van der Waals surface area contributed by atoms with Gasteiger partial charge in [-0.1, -0.05) is 13.3 Å². The number of carbonyl (C=O) groups is 3. The van der Waals surface area contributed by atoms with Gasteiger partial charge in [0.05, 0.1) is 25.8 Å². The largest absolute Gasteiger partial charge is 0.493 e. The van der Waals surface area contributed by atoms with E-state index in [1.807, 2.05) is 0 Å². The van der Waals surface area contributed by atoms with E-state index in [1.54, 1.807) is 6.07 Å². The minimum atomic E-state index is -0.673. The molecule has 1 aromatic carbocycles. The van der Waals surface area contributed by atoms with Crippen LogP contribution in [0.5, 0.6) is 11.5 Å². The van der Waals surface area contributed by atoms with Crippen LogP contribution in [0.2, 0.25) is 0 Å². The zero-order chi connectivity index (χ0) is 18.7. The zero-order valence-corrected chi connectivity index (χ0v) is 14.7. The molecule has 0 heterocycles. The first-order valence-corrected chi connectivity index (χ1v) is 7.97. The molecule has 2 N–H and O–H groups in total. The quantitative estimate of drug-likeness (QED) is 0.479. The van der Waals surface area contributed by atoms with Crippen LogP contribution in [-0.2, 0) is 14.3 Å². The lowest BCUT2D eigenvalue weighted by Crippen LogP contribution is -2.37. The molecule has 0 radical (unpaired) electrons. The van der Waals surface area contributed by atoms with Crippen LogP contribution < -0.4 is 20.1 Å². The van der Waals surface area contributed by atoms with Crippen molar-refractivity contribution in [1.82, 2.24) is 10.6 Å². The van der Waals surface area contributed by atoms with Crippen molar-refractivity contribution < 1.29 is 28.6 Å². The summed E-state index contributed by atoms with van der Waals surface area (Å²) >= 11 is 0. The minimum absolute atomic E-state index is 0.176. The lowest BCUT2D eigenvalue weighted by atomic mass is 10.2. The highest BCUT2D eigenvalue weighted by molar-refractivity contribution is 5.92. The lowest BCUT2D eigenvalue weighted by molar-refractivity contribution is -0.127. The van der Waals surface area contributed by atoms with Gasteiger partial charge < -0.3 is 24.8 Å². The maximum absolute atomic E-state index is 12.0. The van der Waals surface area contributed by atoms with Gasteiger partial charge in [-0.2, -0.15) is 0 Å². The molecule has 2 amide bonds. The summed E-state index contributed by atoms with van der Waals surface area (Å²) in [5.74, 6) is -0.634. The number of ether oxygens (including phenoxy) is 3. The van der Waals surface area contributed by atoms with Gasteiger partial charge in [0.25, 0.3) is 5.91 Å². The van der Waals surface area contributed by atoms with Crippen LogP contribution in [0.3, 0.4) is 0 Å². The van der Waals surface area contributed by atoms with E-state index in [9.17, 15) is 14.4 Å². The predicted octanol–water partition coefficient (Wildman–Crippen LogP) is 0.893. The Balaban J connectivity index is 2.57. The van der Waals surface area contributed by atoms with Crippen molar-refractivity contribution in [2.45, 2.75) is 19.8 Å². The molecule has 8 nitrogen and oxygen atoms in total. The zero-order valence-electron chi connectivity index (χ0n) is 14.7. The summed E-state index contributed by atoms with van der Waals surface area (Å²) < 4.78 is 15.7. The molecule has 1 aromatic rings. The molecule has 0 atom stereocenters. The highest BCUT2D eigenvalue weighted by Crippen LogP contribution is 2.28. The van der Waals surface area contributed by atoms with E-state index >= 15 is 0 Å². The number of hydrogen-bond donors (Lipinski definition) is 2. The van der Waals surface area contributed by atoms with E-state index in [0.29, 0.717) is 18.1 Å². The molecule has 0 bridgehead atoms. The molecule has 0 aromatic heterocycles. The maximum Gasteiger partial charge on any atom is 0.338 e. The Hall–Kier alpha value is -2.77. The number of benzene rings is 1. The standard InChI is InChI=1S/C17H24N2O6/c1-4-5-8-24-13-7-6-12(9-14(13)23-3)17(22)25-11-16(21)19-10-15(20)18-2/h6-7,9H,4-5,8,10-11H2,1-3H3,(H,18,20)(H,19,21). The molecule has 0 aliphatic rings. The Labute approximate surface area is 146 Å². The number of carbonyl (C=O) groups excluding carboxylic acids is 3. The van der Waals surface area contributed by atoms with E-state index in [4.69, 9.17) is 14.2 Å². The molecular formula is C17H24N2O6. The summed E-state index contributed by atoms with van der Waals surface area (Å²) in [5.41, 5.74) is 0.235. The van der Waals surface area contributed by atoms with Crippen LogP contribution in [-0.4, -0.2) is 51.7 Å². The van der Waals surface area contributed by atoms with Crippen LogP contribution in [0, 0.1) is 0 Å². The average Bonchev–Trinajstić information content (AvgIpc) is 2.64. The molecule has 25 heavy (non-hydrogen) atoms. The second-order valence-electron chi connectivity index (χ2n) is 5.09. The number of rotatable bonds is 10. The van der Waals surface area contributed by atoms with Crippen LogP contribution in [0.25, 0.3) is 0 Å². The van der Waals surface area contributed by atoms with E-state index < -0.39 is 18.5 Å². The second-order valence-corrected chi connectivity index (χ2v) is 5.09. The maximum atomic E-state index is 12.0. The van der Waals surface area contributed by atoms with Crippen molar-refractivity contribution in [3.8, 4) is 11.5 Å². The smallest absolute Gasteiger partial charge is 0.338 e. The van der Waals surface area contributed by atoms with Crippen molar-refractivity contribution in [1.29, 1.82) is 0 Å². The molecule has 0 fully saturated rings. The van der Waals surface area contributed by atoms with Crippen molar-refractivity contribution in [2.24, 2.45) is 0 Å². The fourth-order valence-corrected chi connectivity index (χ4v) is 1.77. The van der Waals surface area contributed by atoms with E-state index in [1.165, 1.54) is 26.3 Å². The summed E-state index contributed by atoms with van der Waals surface area (Å²) in [6.07, 6.45) is 1.92.